The molecule has 4 nitrogen and oxygen atoms in total. The molecule has 0 bridgehead atoms. The summed E-state index contributed by atoms with van der Waals surface area (Å²) in [6.45, 7) is 4.08. The van der Waals surface area contributed by atoms with Crippen LogP contribution in [0.4, 0.5) is 5.69 Å². The van der Waals surface area contributed by atoms with Crippen LogP contribution in [0.3, 0.4) is 0 Å². The van der Waals surface area contributed by atoms with E-state index in [1.165, 1.54) is 0 Å². The first-order chi connectivity index (χ1) is 10.6. The second-order valence-electron chi connectivity index (χ2n) is 5.56. The van der Waals surface area contributed by atoms with E-state index in [4.69, 9.17) is 0 Å². The topological polar surface area (TPSA) is 46.9 Å². The van der Waals surface area contributed by atoms with Gasteiger partial charge in [-0.25, -0.2) is 0 Å². The van der Waals surface area contributed by atoms with Crippen LogP contribution < -0.4 is 5.32 Å². The molecule has 0 fully saturated rings. The summed E-state index contributed by atoms with van der Waals surface area (Å²) in [5.41, 5.74) is 4.93. The maximum Gasteiger partial charge on any atom is 0.228 e. The Kier molecular flexibility index (Phi) is 3.67. The Morgan fingerprint density at radius 2 is 2.00 bits per heavy atom. The van der Waals surface area contributed by atoms with E-state index in [0.717, 1.165) is 33.5 Å². The van der Waals surface area contributed by atoms with Gasteiger partial charge >= 0.3 is 0 Å². The fourth-order valence-corrected chi connectivity index (χ4v) is 2.68. The number of benzene rings is 1. The largest absolute Gasteiger partial charge is 0.352 e. The van der Waals surface area contributed by atoms with Gasteiger partial charge in [-0.15, -0.1) is 0 Å². The fourth-order valence-electron chi connectivity index (χ4n) is 2.68. The monoisotopic (exact) mass is 293 g/mol. The molecular formula is C18H19N3O. The summed E-state index contributed by atoms with van der Waals surface area (Å²) in [5, 5.41) is 4.00. The predicted octanol–water partition coefficient (Wildman–Crippen LogP) is 3.37. The summed E-state index contributed by atoms with van der Waals surface area (Å²) < 4.78 is 2.10. The van der Waals surface area contributed by atoms with E-state index in [2.05, 4.69) is 20.9 Å². The van der Waals surface area contributed by atoms with E-state index in [9.17, 15) is 4.79 Å². The van der Waals surface area contributed by atoms with Crippen LogP contribution in [0.2, 0.25) is 0 Å². The minimum atomic E-state index is -0.0214. The summed E-state index contributed by atoms with van der Waals surface area (Å²) >= 11 is 0. The number of aromatic nitrogens is 2. The Morgan fingerprint density at radius 3 is 2.73 bits per heavy atom. The van der Waals surface area contributed by atoms with Crippen molar-refractivity contribution in [2.45, 2.75) is 20.3 Å². The molecule has 3 aromatic rings. The van der Waals surface area contributed by atoms with Crippen LogP contribution in [0.1, 0.15) is 17.0 Å². The summed E-state index contributed by atoms with van der Waals surface area (Å²) in [7, 11) is 2.01. The van der Waals surface area contributed by atoms with E-state index < -0.39 is 0 Å². The summed E-state index contributed by atoms with van der Waals surface area (Å²) in [6, 6.07) is 11.7. The molecule has 112 valence electrons. The Bertz CT molecular complexity index is 843. The summed E-state index contributed by atoms with van der Waals surface area (Å²) in [4.78, 5) is 16.7. The molecule has 0 saturated carbocycles. The Hall–Kier alpha value is -2.62. The van der Waals surface area contributed by atoms with Crippen LogP contribution in [-0.4, -0.2) is 15.5 Å². The first kappa shape index (κ1) is 14.3. The molecule has 2 aromatic heterocycles. The average Bonchev–Trinajstić information content (AvgIpc) is 2.75. The van der Waals surface area contributed by atoms with Gasteiger partial charge in [0.25, 0.3) is 0 Å². The van der Waals surface area contributed by atoms with E-state index in [0.29, 0.717) is 6.42 Å². The lowest BCUT2D eigenvalue weighted by Gasteiger charge is -2.08. The number of para-hydroxylation sites is 1. The first-order valence-corrected chi connectivity index (χ1v) is 7.31. The molecule has 0 aliphatic carbocycles. The summed E-state index contributed by atoms with van der Waals surface area (Å²) in [6.07, 6.45) is 2.11. The van der Waals surface area contributed by atoms with Crippen molar-refractivity contribution in [3.63, 3.8) is 0 Å². The SMILES string of the molecule is Cc1cc(CC(=O)Nc2cccc3cccnc23)c(C)n1C. The van der Waals surface area contributed by atoms with Crippen LogP contribution in [-0.2, 0) is 18.3 Å². The molecule has 0 unspecified atom stereocenters. The minimum absolute atomic E-state index is 0.0214. The van der Waals surface area contributed by atoms with Crippen LogP contribution in [0.5, 0.6) is 0 Å². The molecule has 4 heteroatoms. The lowest BCUT2D eigenvalue weighted by Crippen LogP contribution is -2.15. The number of anilines is 1. The number of carbonyl (C=O) groups is 1. The zero-order valence-electron chi connectivity index (χ0n) is 13.1. The van der Waals surface area contributed by atoms with Gasteiger partial charge in [-0.05, 0) is 37.6 Å². The smallest absolute Gasteiger partial charge is 0.228 e. The lowest BCUT2D eigenvalue weighted by atomic mass is 10.1. The van der Waals surface area contributed by atoms with Crippen LogP contribution in [0, 0.1) is 13.8 Å². The van der Waals surface area contributed by atoms with Crippen molar-refractivity contribution < 1.29 is 4.79 Å². The molecule has 0 saturated heterocycles. The number of carbonyl (C=O) groups excluding carboxylic acids is 1. The molecule has 2 heterocycles. The maximum atomic E-state index is 12.4. The molecule has 0 atom stereocenters. The van der Waals surface area contributed by atoms with Gasteiger partial charge in [0.15, 0.2) is 0 Å². The molecule has 1 N–H and O–H groups in total. The van der Waals surface area contributed by atoms with E-state index in [1.54, 1.807) is 6.20 Å². The third-order valence-corrected chi connectivity index (χ3v) is 4.14. The molecule has 0 spiro atoms. The molecular weight excluding hydrogens is 274 g/mol. The van der Waals surface area contributed by atoms with Gasteiger partial charge in [-0.2, -0.15) is 0 Å². The van der Waals surface area contributed by atoms with Crippen molar-refractivity contribution in [1.82, 2.24) is 9.55 Å². The highest BCUT2D eigenvalue weighted by Crippen LogP contribution is 2.21. The lowest BCUT2D eigenvalue weighted by molar-refractivity contribution is -0.115. The number of rotatable bonds is 3. The van der Waals surface area contributed by atoms with Crippen molar-refractivity contribution in [3.05, 3.63) is 59.5 Å². The van der Waals surface area contributed by atoms with Gasteiger partial charge in [0.2, 0.25) is 5.91 Å². The standard InChI is InChI=1S/C18H19N3O/c1-12-10-15(13(2)21(12)3)11-17(22)20-16-8-4-6-14-7-5-9-19-18(14)16/h4-10H,11H2,1-3H3,(H,20,22). The Morgan fingerprint density at radius 1 is 1.23 bits per heavy atom. The quantitative estimate of drug-likeness (QED) is 0.805. The molecule has 0 aliphatic rings. The number of fused-ring (bicyclic) bond motifs is 1. The third kappa shape index (κ3) is 2.60. The second-order valence-corrected chi connectivity index (χ2v) is 5.56. The highest BCUT2D eigenvalue weighted by molar-refractivity contribution is 6.00. The van der Waals surface area contributed by atoms with Gasteiger partial charge in [-0.3, -0.25) is 9.78 Å². The Balaban J connectivity index is 1.83. The van der Waals surface area contributed by atoms with Crippen LogP contribution >= 0.6 is 0 Å². The molecule has 0 radical (unpaired) electrons. The number of nitrogens with one attached hydrogen (secondary N) is 1. The van der Waals surface area contributed by atoms with Crippen molar-refractivity contribution in [2.75, 3.05) is 5.32 Å². The molecule has 22 heavy (non-hydrogen) atoms. The number of amides is 1. The van der Waals surface area contributed by atoms with Gasteiger partial charge in [0.05, 0.1) is 17.6 Å². The minimum Gasteiger partial charge on any atom is -0.352 e. The van der Waals surface area contributed by atoms with E-state index >= 15 is 0 Å². The number of nitrogens with zero attached hydrogens (tertiary/aromatic N) is 2. The van der Waals surface area contributed by atoms with Gasteiger partial charge in [-0.1, -0.05) is 18.2 Å². The number of hydrogen-bond acceptors (Lipinski definition) is 2. The Labute approximate surface area is 129 Å². The third-order valence-electron chi connectivity index (χ3n) is 4.14. The zero-order valence-corrected chi connectivity index (χ0v) is 13.1. The van der Waals surface area contributed by atoms with E-state index in [-0.39, 0.29) is 5.91 Å². The van der Waals surface area contributed by atoms with E-state index in [1.807, 2.05) is 51.2 Å². The number of hydrogen-bond donors (Lipinski definition) is 1. The fraction of sp³-hybridized carbons (Fsp3) is 0.222. The van der Waals surface area contributed by atoms with Gasteiger partial charge in [0.1, 0.15) is 0 Å². The maximum absolute atomic E-state index is 12.4. The molecule has 3 rings (SSSR count). The predicted molar refractivity (Wildman–Crippen MR) is 89.0 cm³/mol. The second kappa shape index (κ2) is 5.64. The zero-order chi connectivity index (χ0) is 15.7. The van der Waals surface area contributed by atoms with Crippen LogP contribution in [0.15, 0.2) is 42.6 Å². The normalized spacial score (nSPS) is 10.9. The average molecular weight is 293 g/mol. The van der Waals surface area contributed by atoms with Gasteiger partial charge < -0.3 is 9.88 Å². The van der Waals surface area contributed by atoms with Crippen LogP contribution in [0.25, 0.3) is 10.9 Å². The molecule has 0 aliphatic heterocycles. The summed E-state index contributed by atoms with van der Waals surface area (Å²) in [5.74, 6) is -0.0214. The van der Waals surface area contributed by atoms with Crippen molar-refractivity contribution >= 4 is 22.5 Å². The van der Waals surface area contributed by atoms with Crippen molar-refractivity contribution in [1.29, 1.82) is 0 Å². The highest BCUT2D eigenvalue weighted by atomic mass is 16.1. The first-order valence-electron chi connectivity index (χ1n) is 7.31. The number of aryl methyl sites for hydroxylation is 1. The molecule has 1 aromatic carbocycles. The van der Waals surface area contributed by atoms with Gasteiger partial charge in [0, 0.05) is 30.0 Å². The highest BCUT2D eigenvalue weighted by Gasteiger charge is 2.12. The van der Waals surface area contributed by atoms with Crippen molar-refractivity contribution in [2.24, 2.45) is 7.05 Å². The molecule has 1 amide bonds. The van der Waals surface area contributed by atoms with Crippen molar-refractivity contribution in [3.8, 4) is 0 Å². The number of pyridine rings is 1.